The fraction of sp³-hybridized carbons (Fsp3) is 0.467. The lowest BCUT2D eigenvalue weighted by Gasteiger charge is -2.42. The summed E-state index contributed by atoms with van der Waals surface area (Å²) in [4.78, 5) is 17.3. The smallest absolute Gasteiger partial charge is 0.229 e. The van der Waals surface area contributed by atoms with Crippen LogP contribution in [0.5, 0.6) is 5.75 Å². The van der Waals surface area contributed by atoms with Crippen LogP contribution in [0.1, 0.15) is 26.7 Å². The highest BCUT2D eigenvalue weighted by Gasteiger charge is 2.27. The fourth-order valence-corrected chi connectivity index (χ4v) is 6.46. The Kier molecular flexibility index (Phi) is 9.64. The standard InChI is InChI=1S/C30H40ClN7O2S/c1-21(2)41(39)25-8-5-22(6-9-25)33-29-26(31)20-32-30(35-29)34-27-10-7-24(19-28(27)40-4)37-13-11-23(12-14-37)38-17-15-36(3)16-18-38/h5-10,19-21,23H,11-18H2,1-4H3,(H2,32,33,34,35)/t41-/m1/s1. The van der Waals surface area contributed by atoms with Crippen LogP contribution in [0.4, 0.5) is 28.8 Å². The molecule has 2 aromatic carbocycles. The van der Waals surface area contributed by atoms with E-state index in [0.29, 0.717) is 22.8 Å². The van der Waals surface area contributed by atoms with E-state index in [9.17, 15) is 4.21 Å². The first-order chi connectivity index (χ1) is 19.8. The van der Waals surface area contributed by atoms with Crippen molar-refractivity contribution in [3.05, 3.63) is 53.7 Å². The lowest BCUT2D eigenvalue weighted by Crippen LogP contribution is -2.52. The highest BCUT2D eigenvalue weighted by atomic mass is 35.5. The molecule has 2 aliphatic rings. The first-order valence-corrected chi connectivity index (χ1v) is 15.8. The minimum Gasteiger partial charge on any atom is -0.494 e. The molecule has 0 radical (unpaired) electrons. The number of rotatable bonds is 9. The van der Waals surface area contributed by atoms with Crippen LogP contribution >= 0.6 is 11.6 Å². The number of benzene rings is 2. The van der Waals surface area contributed by atoms with Crippen LogP contribution in [0.15, 0.2) is 53.6 Å². The van der Waals surface area contributed by atoms with Gasteiger partial charge >= 0.3 is 0 Å². The van der Waals surface area contributed by atoms with Crippen molar-refractivity contribution in [1.29, 1.82) is 0 Å². The molecule has 2 aliphatic heterocycles. The normalized spacial score (nSPS) is 18.0. The number of hydrogen-bond donors (Lipinski definition) is 2. The quantitative estimate of drug-likeness (QED) is 0.339. The number of piperidine rings is 1. The summed E-state index contributed by atoms with van der Waals surface area (Å²) in [7, 11) is 2.85. The van der Waals surface area contributed by atoms with Gasteiger partial charge in [0.15, 0.2) is 5.82 Å². The van der Waals surface area contributed by atoms with E-state index in [0.717, 1.165) is 53.9 Å². The van der Waals surface area contributed by atoms with Crippen LogP contribution in [0.25, 0.3) is 0 Å². The Morgan fingerprint density at radius 3 is 2.37 bits per heavy atom. The topological polar surface area (TPSA) is 85.9 Å². The molecule has 1 aromatic heterocycles. The Morgan fingerprint density at radius 1 is 1.00 bits per heavy atom. The Morgan fingerprint density at radius 2 is 1.71 bits per heavy atom. The predicted molar refractivity (Wildman–Crippen MR) is 169 cm³/mol. The number of likely N-dealkylation sites (N-methyl/N-ethyl adjacent to an activating group) is 1. The summed E-state index contributed by atoms with van der Waals surface area (Å²) in [6.07, 6.45) is 3.92. The Bertz CT molecular complexity index is 1340. The molecule has 3 heterocycles. The summed E-state index contributed by atoms with van der Waals surface area (Å²) in [6.45, 7) is 10.6. The number of halogens is 1. The Hall–Kier alpha value is -2.92. The number of anilines is 5. The van der Waals surface area contributed by atoms with Crippen molar-refractivity contribution in [1.82, 2.24) is 19.8 Å². The summed E-state index contributed by atoms with van der Waals surface area (Å²) in [5.41, 5.74) is 2.72. The molecule has 41 heavy (non-hydrogen) atoms. The van der Waals surface area contributed by atoms with E-state index in [2.05, 4.69) is 54.5 Å². The highest BCUT2D eigenvalue weighted by molar-refractivity contribution is 7.85. The maximum Gasteiger partial charge on any atom is 0.229 e. The minimum absolute atomic E-state index is 0.0594. The SMILES string of the molecule is COc1cc(N2CCC(N3CCN(C)CC3)CC2)ccc1Nc1ncc(Cl)c(Nc2ccc([S@](=O)C(C)C)cc2)n1. The van der Waals surface area contributed by atoms with Crippen molar-refractivity contribution in [3.63, 3.8) is 0 Å². The largest absolute Gasteiger partial charge is 0.494 e. The van der Waals surface area contributed by atoms with Crippen molar-refractivity contribution in [3.8, 4) is 5.75 Å². The maximum absolute atomic E-state index is 12.4. The van der Waals surface area contributed by atoms with Crippen LogP contribution in [0.3, 0.4) is 0 Å². The van der Waals surface area contributed by atoms with E-state index in [1.165, 1.54) is 25.9 Å². The van der Waals surface area contributed by atoms with Gasteiger partial charge in [-0.05, 0) is 56.3 Å². The van der Waals surface area contributed by atoms with Gasteiger partial charge in [-0.25, -0.2) is 4.98 Å². The number of nitrogens with one attached hydrogen (secondary N) is 2. The molecule has 0 saturated carbocycles. The molecular formula is C30H40ClN7O2S. The van der Waals surface area contributed by atoms with Gasteiger partial charge in [-0.1, -0.05) is 25.4 Å². The average molecular weight is 598 g/mol. The number of hydrogen-bond acceptors (Lipinski definition) is 9. The number of nitrogens with zero attached hydrogens (tertiary/aromatic N) is 5. The van der Waals surface area contributed by atoms with Crippen LogP contribution in [-0.2, 0) is 10.8 Å². The highest BCUT2D eigenvalue weighted by Crippen LogP contribution is 2.34. The van der Waals surface area contributed by atoms with Gasteiger partial charge in [0.25, 0.3) is 0 Å². The second-order valence-electron chi connectivity index (χ2n) is 11.0. The van der Waals surface area contributed by atoms with E-state index in [1.807, 2.05) is 44.2 Å². The molecule has 1 atom stereocenters. The zero-order valence-corrected chi connectivity index (χ0v) is 25.8. The van der Waals surface area contributed by atoms with Gasteiger partial charge in [-0.15, -0.1) is 0 Å². The molecule has 11 heteroatoms. The molecule has 2 saturated heterocycles. The molecule has 2 fully saturated rings. The summed E-state index contributed by atoms with van der Waals surface area (Å²) >= 11 is 6.40. The van der Waals surface area contributed by atoms with E-state index in [4.69, 9.17) is 16.3 Å². The van der Waals surface area contributed by atoms with Crippen LogP contribution in [0, 0.1) is 0 Å². The average Bonchev–Trinajstić information content (AvgIpc) is 2.99. The Labute approximate surface area is 250 Å². The van der Waals surface area contributed by atoms with Crippen molar-refractivity contribution < 1.29 is 8.95 Å². The third kappa shape index (κ3) is 7.30. The number of aromatic nitrogens is 2. The zero-order chi connectivity index (χ0) is 28.9. The van der Waals surface area contributed by atoms with Crippen LogP contribution in [0.2, 0.25) is 5.02 Å². The van der Waals surface area contributed by atoms with E-state index in [-0.39, 0.29) is 5.25 Å². The van der Waals surface area contributed by atoms with Crippen molar-refractivity contribution in [2.24, 2.45) is 0 Å². The molecule has 0 amide bonds. The number of methoxy groups -OCH3 is 1. The molecule has 2 N–H and O–H groups in total. The Balaban J connectivity index is 1.23. The van der Waals surface area contributed by atoms with Gasteiger partial charge in [0.2, 0.25) is 5.95 Å². The molecule has 0 aliphatic carbocycles. The summed E-state index contributed by atoms with van der Waals surface area (Å²) in [6, 6.07) is 14.3. The van der Waals surface area contributed by atoms with Gasteiger partial charge in [0, 0.05) is 72.9 Å². The zero-order valence-electron chi connectivity index (χ0n) is 24.3. The minimum atomic E-state index is -1.04. The second kappa shape index (κ2) is 13.4. The van der Waals surface area contributed by atoms with Gasteiger partial charge in [-0.3, -0.25) is 9.11 Å². The van der Waals surface area contributed by atoms with Gasteiger partial charge in [0.1, 0.15) is 10.8 Å². The maximum atomic E-state index is 12.4. The second-order valence-corrected chi connectivity index (χ2v) is 13.4. The molecule has 5 rings (SSSR count). The molecular weight excluding hydrogens is 558 g/mol. The first-order valence-electron chi connectivity index (χ1n) is 14.2. The van der Waals surface area contributed by atoms with Crippen LogP contribution in [-0.4, -0.2) is 88.7 Å². The van der Waals surface area contributed by atoms with E-state index in [1.54, 1.807) is 13.3 Å². The summed E-state index contributed by atoms with van der Waals surface area (Å²) in [5, 5.41) is 6.98. The number of piperazine rings is 1. The van der Waals surface area contributed by atoms with E-state index < -0.39 is 10.8 Å². The molecule has 9 nitrogen and oxygen atoms in total. The summed E-state index contributed by atoms with van der Waals surface area (Å²) < 4.78 is 18.1. The van der Waals surface area contributed by atoms with Crippen molar-refractivity contribution >= 4 is 51.2 Å². The van der Waals surface area contributed by atoms with Crippen LogP contribution < -0.4 is 20.3 Å². The van der Waals surface area contributed by atoms with Crippen molar-refractivity contribution in [2.75, 3.05) is 69.0 Å². The lowest BCUT2D eigenvalue weighted by molar-refractivity contribution is 0.0982. The van der Waals surface area contributed by atoms with Gasteiger partial charge in [0.05, 0.1) is 29.8 Å². The number of ether oxygens (including phenoxy) is 1. The monoisotopic (exact) mass is 597 g/mol. The van der Waals surface area contributed by atoms with Gasteiger partial charge < -0.3 is 25.2 Å². The molecule has 0 spiro atoms. The fourth-order valence-electron chi connectivity index (χ4n) is 5.37. The lowest BCUT2D eigenvalue weighted by atomic mass is 10.0. The third-order valence-corrected chi connectivity index (χ3v) is 9.71. The molecule has 0 bridgehead atoms. The van der Waals surface area contributed by atoms with Crippen molar-refractivity contribution in [2.45, 2.75) is 42.9 Å². The van der Waals surface area contributed by atoms with E-state index >= 15 is 0 Å². The third-order valence-electron chi connectivity index (χ3n) is 7.84. The summed E-state index contributed by atoms with van der Waals surface area (Å²) in [5.74, 6) is 1.60. The first kappa shape index (κ1) is 29.6. The predicted octanol–water partition coefficient (Wildman–Crippen LogP) is 5.36. The molecule has 0 unspecified atom stereocenters. The molecule has 220 valence electrons. The van der Waals surface area contributed by atoms with Gasteiger partial charge in [-0.2, -0.15) is 4.98 Å². The molecule has 3 aromatic rings.